The highest BCUT2D eigenvalue weighted by atomic mass is 16.1. The van der Waals surface area contributed by atoms with Crippen molar-refractivity contribution in [3.63, 3.8) is 0 Å². The summed E-state index contributed by atoms with van der Waals surface area (Å²) in [5.41, 5.74) is 8.10. The molecular formula is C16H24N2O. The average Bonchev–Trinajstić information content (AvgIpc) is 2.39. The summed E-state index contributed by atoms with van der Waals surface area (Å²) in [5.74, 6) is 0.710. The molecule has 19 heavy (non-hydrogen) atoms. The smallest absolute Gasteiger partial charge is 0.227 e. The first-order valence-electron chi connectivity index (χ1n) is 7.22. The summed E-state index contributed by atoms with van der Waals surface area (Å²) < 4.78 is 0. The third-order valence-corrected chi connectivity index (χ3v) is 3.93. The topological polar surface area (TPSA) is 55.1 Å². The molecule has 0 aliphatic heterocycles. The van der Waals surface area contributed by atoms with E-state index in [2.05, 4.69) is 31.3 Å². The molecule has 0 saturated heterocycles. The fraction of sp³-hybridized carbons (Fsp3) is 0.562. The number of carbonyl (C=O) groups is 1. The van der Waals surface area contributed by atoms with Gasteiger partial charge in [-0.1, -0.05) is 32.4 Å². The lowest BCUT2D eigenvalue weighted by molar-refractivity contribution is -0.120. The van der Waals surface area contributed by atoms with Crippen molar-refractivity contribution in [1.82, 2.24) is 0 Å². The second kappa shape index (κ2) is 6.20. The molecule has 2 unspecified atom stereocenters. The van der Waals surface area contributed by atoms with E-state index in [4.69, 9.17) is 5.73 Å². The molecule has 1 saturated carbocycles. The molecule has 0 heterocycles. The Morgan fingerprint density at radius 2 is 1.95 bits per heavy atom. The monoisotopic (exact) mass is 260 g/mol. The van der Waals surface area contributed by atoms with Gasteiger partial charge in [0.15, 0.2) is 0 Å². The first kappa shape index (κ1) is 14.1. The molecule has 0 aromatic heterocycles. The van der Waals surface area contributed by atoms with Crippen molar-refractivity contribution < 1.29 is 4.79 Å². The minimum absolute atomic E-state index is 0.0773. The summed E-state index contributed by atoms with van der Waals surface area (Å²) in [6, 6.07) is 8.30. The van der Waals surface area contributed by atoms with Gasteiger partial charge in [-0.2, -0.15) is 0 Å². The fourth-order valence-electron chi connectivity index (χ4n) is 2.66. The number of benzene rings is 1. The lowest BCUT2D eigenvalue weighted by atomic mass is 9.85. The predicted molar refractivity (Wildman–Crippen MR) is 79.1 cm³/mol. The number of rotatable bonds is 3. The van der Waals surface area contributed by atoms with Gasteiger partial charge in [0.25, 0.3) is 0 Å². The second-order valence-electron chi connectivity index (χ2n) is 5.89. The molecule has 1 fully saturated rings. The maximum Gasteiger partial charge on any atom is 0.227 e. The van der Waals surface area contributed by atoms with Crippen LogP contribution in [0.5, 0.6) is 0 Å². The highest BCUT2D eigenvalue weighted by Crippen LogP contribution is 2.25. The molecule has 1 amide bonds. The quantitative estimate of drug-likeness (QED) is 0.876. The molecule has 0 radical (unpaired) electrons. The molecule has 104 valence electrons. The van der Waals surface area contributed by atoms with Crippen molar-refractivity contribution in [2.75, 3.05) is 5.32 Å². The molecule has 3 N–H and O–H groups in total. The molecule has 1 aromatic rings. The Labute approximate surface area is 115 Å². The summed E-state index contributed by atoms with van der Waals surface area (Å²) in [5, 5.41) is 3.00. The molecule has 3 heteroatoms. The Morgan fingerprint density at radius 1 is 1.26 bits per heavy atom. The van der Waals surface area contributed by atoms with Crippen molar-refractivity contribution in [3.8, 4) is 0 Å². The van der Waals surface area contributed by atoms with Crippen molar-refractivity contribution in [1.29, 1.82) is 0 Å². The number of hydrogen-bond donors (Lipinski definition) is 2. The van der Waals surface area contributed by atoms with Gasteiger partial charge in [0.2, 0.25) is 5.91 Å². The van der Waals surface area contributed by atoms with Crippen LogP contribution in [0, 0.1) is 5.92 Å². The van der Waals surface area contributed by atoms with E-state index >= 15 is 0 Å². The van der Waals surface area contributed by atoms with Gasteiger partial charge in [0.05, 0.1) is 0 Å². The van der Waals surface area contributed by atoms with E-state index in [1.807, 2.05) is 12.1 Å². The van der Waals surface area contributed by atoms with Crippen LogP contribution in [0.2, 0.25) is 0 Å². The number of hydrogen-bond acceptors (Lipinski definition) is 2. The van der Waals surface area contributed by atoms with Crippen LogP contribution in [0.25, 0.3) is 0 Å². The SMILES string of the molecule is CC(C)c1ccc(NC(=O)C2CCCC(N)C2)cc1. The zero-order valence-electron chi connectivity index (χ0n) is 11.9. The summed E-state index contributed by atoms with van der Waals surface area (Å²) >= 11 is 0. The van der Waals surface area contributed by atoms with Crippen LogP contribution < -0.4 is 11.1 Å². The summed E-state index contributed by atoms with van der Waals surface area (Å²) in [7, 11) is 0. The molecule has 1 aliphatic rings. The maximum atomic E-state index is 12.2. The lowest BCUT2D eigenvalue weighted by Crippen LogP contribution is -2.34. The summed E-state index contributed by atoms with van der Waals surface area (Å²) in [6.07, 6.45) is 3.89. The zero-order chi connectivity index (χ0) is 13.8. The third-order valence-electron chi connectivity index (χ3n) is 3.93. The molecule has 0 bridgehead atoms. The fourth-order valence-corrected chi connectivity index (χ4v) is 2.66. The normalized spacial score (nSPS) is 23.4. The van der Waals surface area contributed by atoms with Gasteiger partial charge in [-0.15, -0.1) is 0 Å². The first-order valence-corrected chi connectivity index (χ1v) is 7.22. The highest BCUT2D eigenvalue weighted by Gasteiger charge is 2.25. The second-order valence-corrected chi connectivity index (χ2v) is 5.89. The van der Waals surface area contributed by atoms with Crippen LogP contribution in [-0.2, 0) is 4.79 Å². The number of carbonyl (C=O) groups excluding carboxylic acids is 1. The van der Waals surface area contributed by atoms with E-state index in [9.17, 15) is 4.79 Å². The summed E-state index contributed by atoms with van der Waals surface area (Å²) in [4.78, 5) is 12.2. The minimum atomic E-state index is 0.0773. The first-order chi connectivity index (χ1) is 9.06. The van der Waals surface area contributed by atoms with Crippen molar-refractivity contribution in [3.05, 3.63) is 29.8 Å². The van der Waals surface area contributed by atoms with E-state index in [0.29, 0.717) is 5.92 Å². The van der Waals surface area contributed by atoms with Crippen LogP contribution in [0.15, 0.2) is 24.3 Å². The molecule has 2 atom stereocenters. The van der Waals surface area contributed by atoms with E-state index in [0.717, 1.165) is 31.4 Å². The number of anilines is 1. The van der Waals surface area contributed by atoms with Crippen molar-refractivity contribution >= 4 is 11.6 Å². The zero-order valence-corrected chi connectivity index (χ0v) is 11.9. The standard InChI is InChI=1S/C16H24N2O/c1-11(2)12-6-8-15(9-7-12)18-16(19)13-4-3-5-14(17)10-13/h6-9,11,13-14H,3-5,10,17H2,1-2H3,(H,18,19). The maximum absolute atomic E-state index is 12.2. The number of nitrogens with one attached hydrogen (secondary N) is 1. The molecule has 0 spiro atoms. The van der Waals surface area contributed by atoms with Crippen LogP contribution in [0.1, 0.15) is 51.0 Å². The van der Waals surface area contributed by atoms with Crippen LogP contribution in [0.4, 0.5) is 5.69 Å². The molecule has 3 nitrogen and oxygen atoms in total. The van der Waals surface area contributed by atoms with Gasteiger partial charge in [-0.3, -0.25) is 4.79 Å². The van der Waals surface area contributed by atoms with E-state index in [1.54, 1.807) is 0 Å². The Bertz CT molecular complexity index is 425. The Morgan fingerprint density at radius 3 is 2.53 bits per heavy atom. The number of amides is 1. The molecule has 2 rings (SSSR count). The number of nitrogens with two attached hydrogens (primary N) is 1. The van der Waals surface area contributed by atoms with Crippen molar-refractivity contribution in [2.45, 2.75) is 51.5 Å². The van der Waals surface area contributed by atoms with Gasteiger partial charge in [0.1, 0.15) is 0 Å². The Balaban J connectivity index is 1.94. The van der Waals surface area contributed by atoms with Gasteiger partial charge in [-0.05, 0) is 42.9 Å². The Hall–Kier alpha value is -1.35. The van der Waals surface area contributed by atoms with Gasteiger partial charge in [-0.25, -0.2) is 0 Å². The molecular weight excluding hydrogens is 236 g/mol. The van der Waals surface area contributed by atoms with E-state index < -0.39 is 0 Å². The minimum Gasteiger partial charge on any atom is -0.328 e. The molecule has 1 aliphatic carbocycles. The van der Waals surface area contributed by atoms with E-state index in [1.165, 1.54) is 5.56 Å². The van der Waals surface area contributed by atoms with Crippen LogP contribution in [0.3, 0.4) is 0 Å². The van der Waals surface area contributed by atoms with Crippen LogP contribution >= 0.6 is 0 Å². The van der Waals surface area contributed by atoms with Gasteiger partial charge in [0, 0.05) is 17.6 Å². The largest absolute Gasteiger partial charge is 0.328 e. The third kappa shape index (κ3) is 3.80. The average molecular weight is 260 g/mol. The van der Waals surface area contributed by atoms with Gasteiger partial charge < -0.3 is 11.1 Å². The van der Waals surface area contributed by atoms with Crippen molar-refractivity contribution in [2.24, 2.45) is 11.7 Å². The molecule has 1 aromatic carbocycles. The van der Waals surface area contributed by atoms with E-state index in [-0.39, 0.29) is 17.9 Å². The predicted octanol–water partition coefficient (Wildman–Crippen LogP) is 3.27. The lowest BCUT2D eigenvalue weighted by Gasteiger charge is -2.25. The summed E-state index contributed by atoms with van der Waals surface area (Å²) in [6.45, 7) is 4.33. The Kier molecular flexibility index (Phi) is 4.59. The van der Waals surface area contributed by atoms with Gasteiger partial charge >= 0.3 is 0 Å². The van der Waals surface area contributed by atoms with Crippen LogP contribution in [-0.4, -0.2) is 11.9 Å². The highest BCUT2D eigenvalue weighted by molar-refractivity contribution is 5.92.